The Morgan fingerprint density at radius 3 is 2.40 bits per heavy atom. The molecule has 0 spiro atoms. The van der Waals surface area contributed by atoms with Gasteiger partial charge in [0.05, 0.1) is 6.54 Å². The van der Waals surface area contributed by atoms with E-state index >= 15 is 0 Å². The van der Waals surface area contributed by atoms with Gasteiger partial charge in [-0.15, -0.1) is 0 Å². The second-order valence-electron chi connectivity index (χ2n) is 6.47. The van der Waals surface area contributed by atoms with Crippen LogP contribution in [0.3, 0.4) is 0 Å². The number of carbonyl (C=O) groups is 2. The van der Waals surface area contributed by atoms with Gasteiger partial charge in [-0.25, -0.2) is 0 Å². The molecule has 0 fully saturated rings. The SMILES string of the molecule is Cc1ccc(C(=O)NCC(=O)NC(C)CCc2ccccc2)cc1C. The Bertz CT molecular complexity index is 726. The largest absolute Gasteiger partial charge is 0.352 e. The van der Waals surface area contributed by atoms with Crippen molar-refractivity contribution in [3.63, 3.8) is 0 Å². The number of benzene rings is 2. The molecule has 0 aliphatic carbocycles. The molecule has 0 saturated heterocycles. The topological polar surface area (TPSA) is 58.2 Å². The zero-order chi connectivity index (χ0) is 18.2. The number of hydrogen-bond donors (Lipinski definition) is 2. The second-order valence-corrected chi connectivity index (χ2v) is 6.47. The van der Waals surface area contributed by atoms with Gasteiger partial charge >= 0.3 is 0 Å². The van der Waals surface area contributed by atoms with E-state index < -0.39 is 0 Å². The Morgan fingerprint density at radius 2 is 1.72 bits per heavy atom. The third kappa shape index (κ3) is 6.07. The fraction of sp³-hybridized carbons (Fsp3) is 0.333. The summed E-state index contributed by atoms with van der Waals surface area (Å²) in [5.41, 5.74) is 4.04. The lowest BCUT2D eigenvalue weighted by atomic mass is 10.1. The summed E-state index contributed by atoms with van der Waals surface area (Å²) in [7, 11) is 0. The van der Waals surface area contributed by atoms with Gasteiger partial charge in [0.25, 0.3) is 5.91 Å². The summed E-state index contributed by atoms with van der Waals surface area (Å²) >= 11 is 0. The molecule has 0 saturated carbocycles. The van der Waals surface area contributed by atoms with Crippen LogP contribution in [-0.4, -0.2) is 24.4 Å². The highest BCUT2D eigenvalue weighted by Gasteiger charge is 2.11. The van der Waals surface area contributed by atoms with E-state index in [2.05, 4.69) is 22.8 Å². The fourth-order valence-corrected chi connectivity index (χ4v) is 2.57. The molecule has 4 nitrogen and oxygen atoms in total. The first-order chi connectivity index (χ1) is 12.0. The van der Waals surface area contributed by atoms with Gasteiger partial charge in [0.1, 0.15) is 0 Å². The molecule has 2 N–H and O–H groups in total. The van der Waals surface area contributed by atoms with Crippen LogP contribution in [0, 0.1) is 13.8 Å². The molecule has 2 aromatic carbocycles. The van der Waals surface area contributed by atoms with E-state index in [-0.39, 0.29) is 24.4 Å². The Hall–Kier alpha value is -2.62. The summed E-state index contributed by atoms with van der Waals surface area (Å²) in [6, 6.07) is 15.8. The molecule has 132 valence electrons. The molecule has 0 aliphatic heterocycles. The van der Waals surface area contributed by atoms with Crippen molar-refractivity contribution < 1.29 is 9.59 Å². The molecule has 1 atom stereocenters. The van der Waals surface area contributed by atoms with Crippen LogP contribution in [0.4, 0.5) is 0 Å². The van der Waals surface area contributed by atoms with Crippen LogP contribution in [0.15, 0.2) is 48.5 Å². The van der Waals surface area contributed by atoms with Crippen molar-refractivity contribution in [1.82, 2.24) is 10.6 Å². The maximum atomic E-state index is 12.1. The van der Waals surface area contributed by atoms with Crippen molar-refractivity contribution in [3.05, 3.63) is 70.8 Å². The second kappa shape index (κ2) is 9.02. The van der Waals surface area contributed by atoms with E-state index in [1.807, 2.05) is 51.1 Å². The average molecular weight is 338 g/mol. The molecule has 25 heavy (non-hydrogen) atoms. The lowest BCUT2D eigenvalue weighted by molar-refractivity contribution is -0.120. The summed E-state index contributed by atoms with van der Waals surface area (Å²) in [6.07, 6.45) is 1.78. The molecule has 2 aromatic rings. The van der Waals surface area contributed by atoms with Crippen molar-refractivity contribution in [2.24, 2.45) is 0 Å². The number of nitrogens with one attached hydrogen (secondary N) is 2. The summed E-state index contributed by atoms with van der Waals surface area (Å²) in [4.78, 5) is 24.1. The van der Waals surface area contributed by atoms with Crippen molar-refractivity contribution in [2.45, 2.75) is 39.7 Å². The van der Waals surface area contributed by atoms with Gasteiger partial charge in [0, 0.05) is 11.6 Å². The van der Waals surface area contributed by atoms with Crippen molar-refractivity contribution >= 4 is 11.8 Å². The summed E-state index contributed by atoms with van der Waals surface area (Å²) in [5, 5.41) is 5.60. The molecule has 0 aromatic heterocycles. The van der Waals surface area contributed by atoms with Crippen LogP contribution in [0.25, 0.3) is 0 Å². The van der Waals surface area contributed by atoms with Crippen molar-refractivity contribution in [3.8, 4) is 0 Å². The van der Waals surface area contributed by atoms with Crippen LogP contribution in [-0.2, 0) is 11.2 Å². The summed E-state index contributed by atoms with van der Waals surface area (Å²) < 4.78 is 0. The number of amides is 2. The van der Waals surface area contributed by atoms with E-state index in [0.29, 0.717) is 5.56 Å². The molecular weight excluding hydrogens is 312 g/mol. The number of aryl methyl sites for hydroxylation is 3. The third-order valence-electron chi connectivity index (χ3n) is 4.29. The van der Waals surface area contributed by atoms with E-state index in [4.69, 9.17) is 0 Å². The monoisotopic (exact) mass is 338 g/mol. The minimum absolute atomic E-state index is 0.0125. The van der Waals surface area contributed by atoms with Gasteiger partial charge in [0.2, 0.25) is 5.91 Å². The molecule has 4 heteroatoms. The Morgan fingerprint density at radius 1 is 1.00 bits per heavy atom. The van der Waals surface area contributed by atoms with E-state index in [1.165, 1.54) is 5.56 Å². The predicted octanol–water partition coefficient (Wildman–Crippen LogP) is 3.17. The molecular formula is C21H26N2O2. The Labute approximate surface area is 149 Å². The van der Waals surface area contributed by atoms with Gasteiger partial charge in [0.15, 0.2) is 0 Å². The van der Waals surface area contributed by atoms with Gasteiger partial charge in [-0.2, -0.15) is 0 Å². The molecule has 2 rings (SSSR count). The predicted molar refractivity (Wildman–Crippen MR) is 101 cm³/mol. The van der Waals surface area contributed by atoms with Crippen molar-refractivity contribution in [2.75, 3.05) is 6.54 Å². The van der Waals surface area contributed by atoms with Gasteiger partial charge in [-0.05, 0) is 62.4 Å². The van der Waals surface area contributed by atoms with Crippen LogP contribution < -0.4 is 10.6 Å². The number of rotatable bonds is 7. The standard InChI is InChI=1S/C21H26N2O2/c1-15-9-12-19(13-16(15)2)21(25)22-14-20(24)23-17(3)10-11-18-7-5-4-6-8-18/h4-9,12-13,17H,10-11,14H2,1-3H3,(H,22,25)(H,23,24). The lowest BCUT2D eigenvalue weighted by Gasteiger charge is -2.14. The normalized spacial score (nSPS) is 11.6. The Balaban J connectivity index is 1.74. The molecule has 0 aliphatic rings. The first-order valence-corrected chi connectivity index (χ1v) is 8.64. The van der Waals surface area contributed by atoms with Crippen LogP contribution in [0.5, 0.6) is 0 Å². The van der Waals surface area contributed by atoms with Crippen LogP contribution in [0.2, 0.25) is 0 Å². The Kier molecular flexibility index (Phi) is 6.75. The average Bonchev–Trinajstić information content (AvgIpc) is 2.61. The minimum Gasteiger partial charge on any atom is -0.352 e. The van der Waals surface area contributed by atoms with E-state index in [0.717, 1.165) is 24.0 Å². The first kappa shape index (κ1) is 18.7. The third-order valence-corrected chi connectivity index (χ3v) is 4.29. The van der Waals surface area contributed by atoms with Crippen molar-refractivity contribution in [1.29, 1.82) is 0 Å². The van der Waals surface area contributed by atoms with Gasteiger partial charge in [-0.1, -0.05) is 36.4 Å². The molecule has 2 amide bonds. The highest BCUT2D eigenvalue weighted by Crippen LogP contribution is 2.09. The highest BCUT2D eigenvalue weighted by molar-refractivity contribution is 5.96. The summed E-state index contributed by atoms with van der Waals surface area (Å²) in [6.45, 7) is 5.93. The maximum absolute atomic E-state index is 12.1. The minimum atomic E-state index is -0.227. The highest BCUT2D eigenvalue weighted by atomic mass is 16.2. The smallest absolute Gasteiger partial charge is 0.251 e. The van der Waals surface area contributed by atoms with Crippen LogP contribution >= 0.6 is 0 Å². The maximum Gasteiger partial charge on any atom is 0.251 e. The fourth-order valence-electron chi connectivity index (χ4n) is 2.57. The quantitative estimate of drug-likeness (QED) is 0.815. The molecule has 0 bridgehead atoms. The molecule has 0 heterocycles. The van der Waals surface area contributed by atoms with E-state index in [9.17, 15) is 9.59 Å². The zero-order valence-electron chi connectivity index (χ0n) is 15.1. The lowest BCUT2D eigenvalue weighted by Crippen LogP contribution is -2.41. The van der Waals surface area contributed by atoms with Crippen LogP contribution in [0.1, 0.15) is 40.4 Å². The first-order valence-electron chi connectivity index (χ1n) is 8.64. The number of hydrogen-bond acceptors (Lipinski definition) is 2. The molecule has 1 unspecified atom stereocenters. The van der Waals surface area contributed by atoms with E-state index in [1.54, 1.807) is 6.07 Å². The van der Waals surface area contributed by atoms with Gasteiger partial charge in [-0.3, -0.25) is 9.59 Å². The van der Waals surface area contributed by atoms with Gasteiger partial charge < -0.3 is 10.6 Å². The zero-order valence-corrected chi connectivity index (χ0v) is 15.1. The summed E-state index contributed by atoms with van der Waals surface area (Å²) in [5.74, 6) is -0.395. The molecule has 0 radical (unpaired) electrons. The number of carbonyl (C=O) groups excluding carboxylic acids is 2.